The maximum absolute atomic E-state index is 13.3. The normalized spacial score (nSPS) is 10.8. The smallest absolute Gasteiger partial charge is 0.407 e. The summed E-state index contributed by atoms with van der Waals surface area (Å²) in [4.78, 5) is 74.6. The van der Waals surface area contributed by atoms with Crippen LogP contribution in [0.5, 0.6) is 0 Å². The molecule has 0 saturated heterocycles. The number of hydrogen-bond acceptors (Lipinski definition) is 11. The summed E-state index contributed by atoms with van der Waals surface area (Å²) in [5.74, 6) is 0. The maximum Gasteiger partial charge on any atom is 0.407 e. The number of carbonyl (C=O) groups excluding carboxylic acids is 3. The largest absolute Gasteiger partial charge is 0.450 e. The zero-order valence-corrected chi connectivity index (χ0v) is 29.6. The number of alkyl carbamates (subject to hydrolysis) is 3. The summed E-state index contributed by atoms with van der Waals surface area (Å²) < 4.78 is 27.9. The van der Waals surface area contributed by atoms with Crippen LogP contribution in [0.25, 0.3) is 0 Å². The van der Waals surface area contributed by atoms with Gasteiger partial charge in [-0.1, -0.05) is 38.5 Å². The minimum absolute atomic E-state index is 0.177. The lowest BCUT2D eigenvalue weighted by Crippen LogP contribution is -2.54. The molecule has 17 heteroatoms. The number of ether oxygens (including phenoxy) is 5. The molecule has 0 saturated carbocycles. The van der Waals surface area contributed by atoms with E-state index >= 15 is 0 Å². The number of unbranched alkanes of at least 4 members (excludes halogenated alkanes) is 9. The number of rotatable bonds is 28. The molecule has 0 atom stereocenters. The Balaban J connectivity index is 2.71. The van der Waals surface area contributed by atoms with Gasteiger partial charge in [-0.05, 0) is 45.4 Å². The minimum atomic E-state index is -0.614. The summed E-state index contributed by atoms with van der Waals surface area (Å²) in [7, 11) is 3.05. The van der Waals surface area contributed by atoms with E-state index in [1.54, 1.807) is 6.92 Å². The Morgan fingerprint density at radius 2 is 0.776 bits per heavy atom. The van der Waals surface area contributed by atoms with Gasteiger partial charge in [0.2, 0.25) is 0 Å². The Labute approximate surface area is 287 Å². The van der Waals surface area contributed by atoms with Gasteiger partial charge in [0, 0.05) is 53.5 Å². The van der Waals surface area contributed by atoms with Gasteiger partial charge in [-0.2, -0.15) is 0 Å². The van der Waals surface area contributed by atoms with Gasteiger partial charge in [-0.25, -0.2) is 42.5 Å². The van der Waals surface area contributed by atoms with Crippen LogP contribution in [-0.2, 0) is 43.3 Å². The van der Waals surface area contributed by atoms with Gasteiger partial charge >= 0.3 is 35.3 Å². The highest BCUT2D eigenvalue weighted by Crippen LogP contribution is 2.03. The van der Waals surface area contributed by atoms with Gasteiger partial charge in [0.1, 0.15) is 13.2 Å². The first-order chi connectivity index (χ1) is 23.8. The molecule has 0 unspecified atom stereocenters. The minimum Gasteiger partial charge on any atom is -0.450 e. The molecule has 1 heterocycles. The molecule has 3 amide bonds. The quantitative estimate of drug-likeness (QED) is 0.0856. The Morgan fingerprint density at radius 3 is 1.08 bits per heavy atom. The first kappa shape index (κ1) is 43.2. The van der Waals surface area contributed by atoms with Crippen LogP contribution in [0.15, 0.2) is 14.4 Å². The SMILES string of the molecule is CCOC(=O)NCCCCCCn1c(=O)n(CCCCCCNC(=O)OCCOC)c(=O)n(CCCCCCNC(=O)OCCOC)c1=O. The summed E-state index contributed by atoms with van der Waals surface area (Å²) in [5, 5.41) is 8.00. The molecule has 0 aliphatic heterocycles. The van der Waals surface area contributed by atoms with Gasteiger partial charge in [0.15, 0.2) is 0 Å². The highest BCUT2D eigenvalue weighted by atomic mass is 16.6. The van der Waals surface area contributed by atoms with Crippen molar-refractivity contribution in [3.8, 4) is 0 Å². The third-order valence-corrected chi connectivity index (χ3v) is 7.44. The zero-order valence-electron chi connectivity index (χ0n) is 29.6. The number of hydrogen-bond donors (Lipinski definition) is 3. The van der Waals surface area contributed by atoms with E-state index in [-0.39, 0.29) is 32.8 Å². The number of methoxy groups -OCH3 is 2. The molecule has 282 valence electrons. The van der Waals surface area contributed by atoms with E-state index in [1.807, 2.05) is 0 Å². The molecule has 0 fully saturated rings. The molecular formula is C32H58N6O11. The van der Waals surface area contributed by atoms with Crippen molar-refractivity contribution in [3.05, 3.63) is 31.5 Å². The summed E-state index contributed by atoms with van der Waals surface area (Å²) in [5.41, 5.74) is -1.84. The third-order valence-electron chi connectivity index (χ3n) is 7.44. The van der Waals surface area contributed by atoms with Gasteiger partial charge in [0.05, 0.1) is 19.8 Å². The average Bonchev–Trinajstić information content (AvgIpc) is 3.07. The molecule has 0 aromatic carbocycles. The van der Waals surface area contributed by atoms with E-state index in [0.717, 1.165) is 58.6 Å². The van der Waals surface area contributed by atoms with Crippen molar-refractivity contribution >= 4 is 18.3 Å². The molecule has 1 aromatic heterocycles. The zero-order chi connectivity index (χ0) is 36.1. The molecule has 0 spiro atoms. The highest BCUT2D eigenvalue weighted by molar-refractivity contribution is 5.67. The van der Waals surface area contributed by atoms with E-state index in [9.17, 15) is 28.8 Å². The first-order valence-electron chi connectivity index (χ1n) is 17.4. The fourth-order valence-corrected chi connectivity index (χ4v) is 4.79. The van der Waals surface area contributed by atoms with Crippen LogP contribution >= 0.6 is 0 Å². The number of aromatic nitrogens is 3. The first-order valence-corrected chi connectivity index (χ1v) is 17.4. The fourth-order valence-electron chi connectivity index (χ4n) is 4.79. The number of nitrogens with zero attached hydrogens (tertiary/aromatic N) is 3. The topological polar surface area (TPSA) is 199 Å². The summed E-state index contributed by atoms with van der Waals surface area (Å²) in [6, 6.07) is 0. The molecule has 0 bridgehead atoms. The molecule has 0 aliphatic carbocycles. The Morgan fingerprint density at radius 1 is 0.469 bits per heavy atom. The van der Waals surface area contributed by atoms with Crippen molar-refractivity contribution in [1.82, 2.24) is 29.7 Å². The molecule has 49 heavy (non-hydrogen) atoms. The third kappa shape index (κ3) is 19.7. The van der Waals surface area contributed by atoms with E-state index in [4.69, 9.17) is 23.7 Å². The van der Waals surface area contributed by atoms with Crippen molar-refractivity contribution in [2.45, 2.75) is 104 Å². The van der Waals surface area contributed by atoms with Crippen LogP contribution in [0.2, 0.25) is 0 Å². The van der Waals surface area contributed by atoms with E-state index in [2.05, 4.69) is 16.0 Å². The molecular weight excluding hydrogens is 644 g/mol. The van der Waals surface area contributed by atoms with E-state index in [0.29, 0.717) is 71.6 Å². The monoisotopic (exact) mass is 702 g/mol. The lowest BCUT2D eigenvalue weighted by molar-refractivity contribution is 0.0982. The number of carbonyl (C=O) groups is 3. The Bertz CT molecular complexity index is 1170. The van der Waals surface area contributed by atoms with Crippen LogP contribution in [0, 0.1) is 0 Å². The van der Waals surface area contributed by atoms with Crippen LogP contribution in [0.3, 0.4) is 0 Å². The van der Waals surface area contributed by atoms with Crippen molar-refractivity contribution in [3.63, 3.8) is 0 Å². The second-order valence-electron chi connectivity index (χ2n) is 11.3. The number of nitrogens with one attached hydrogen (secondary N) is 3. The highest BCUT2D eigenvalue weighted by Gasteiger charge is 2.15. The lowest BCUT2D eigenvalue weighted by Gasteiger charge is -2.14. The van der Waals surface area contributed by atoms with Crippen molar-refractivity contribution in [2.75, 3.05) is 66.9 Å². The second-order valence-corrected chi connectivity index (χ2v) is 11.3. The summed E-state index contributed by atoms with van der Waals surface area (Å²) in [6.45, 7) is 4.93. The molecule has 17 nitrogen and oxygen atoms in total. The van der Waals surface area contributed by atoms with Gasteiger partial charge < -0.3 is 39.6 Å². The van der Waals surface area contributed by atoms with Crippen molar-refractivity contribution in [1.29, 1.82) is 0 Å². The second kappa shape index (κ2) is 28.0. The molecule has 1 aromatic rings. The fraction of sp³-hybridized carbons (Fsp3) is 0.812. The number of amides is 3. The Hall–Kier alpha value is -3.86. The van der Waals surface area contributed by atoms with Crippen LogP contribution < -0.4 is 33.0 Å². The van der Waals surface area contributed by atoms with Crippen LogP contribution in [-0.4, -0.2) is 98.9 Å². The summed E-state index contributed by atoms with van der Waals surface area (Å²) >= 11 is 0. The van der Waals surface area contributed by atoms with Gasteiger partial charge in [0.25, 0.3) is 0 Å². The maximum atomic E-state index is 13.3. The van der Waals surface area contributed by atoms with E-state index in [1.165, 1.54) is 14.2 Å². The Kier molecular flexibility index (Phi) is 24.7. The standard InChI is InChI=1S/C32H58N6O11/c1-4-47-27(39)33-17-11-5-8-14-20-36-30(42)37(21-15-9-6-12-18-34-28(40)48-25-23-45-2)32(44)38(31(36)43)22-16-10-7-13-19-35-29(41)49-26-24-46-3/h4-26H2,1-3H3,(H,33,39)(H,34,40)(H,35,41). The summed E-state index contributed by atoms with van der Waals surface area (Å²) in [6.07, 6.45) is 6.85. The molecule has 1 rings (SSSR count). The molecule has 0 radical (unpaired) electrons. The predicted octanol–water partition coefficient (Wildman–Crippen LogP) is 2.34. The molecule has 0 aliphatic rings. The van der Waals surface area contributed by atoms with Crippen molar-refractivity contribution < 1.29 is 38.1 Å². The van der Waals surface area contributed by atoms with Gasteiger partial charge in [-0.15, -0.1) is 0 Å². The van der Waals surface area contributed by atoms with Crippen molar-refractivity contribution in [2.24, 2.45) is 0 Å². The van der Waals surface area contributed by atoms with Crippen LogP contribution in [0.4, 0.5) is 14.4 Å². The predicted molar refractivity (Wildman–Crippen MR) is 182 cm³/mol. The lowest BCUT2D eigenvalue weighted by atomic mass is 10.2. The van der Waals surface area contributed by atoms with Gasteiger partial charge in [-0.3, -0.25) is 0 Å². The van der Waals surface area contributed by atoms with Crippen LogP contribution in [0.1, 0.15) is 84.0 Å². The molecule has 3 N–H and O–H groups in total. The average molecular weight is 703 g/mol. The van der Waals surface area contributed by atoms with E-state index < -0.39 is 35.3 Å².